The van der Waals surface area contributed by atoms with Gasteiger partial charge in [0.1, 0.15) is 5.82 Å². The molecule has 0 spiro atoms. The molecule has 1 N–H and O–H groups in total. The average molecular weight is 270 g/mol. The molecule has 1 aliphatic rings. The third-order valence-corrected chi connectivity index (χ3v) is 3.69. The van der Waals surface area contributed by atoms with Crippen LogP contribution in [0.3, 0.4) is 0 Å². The van der Waals surface area contributed by atoms with E-state index in [0.29, 0.717) is 17.4 Å². The lowest BCUT2D eigenvalue weighted by Gasteiger charge is -2.09. The molecule has 2 rings (SSSR count). The van der Waals surface area contributed by atoms with Gasteiger partial charge in [-0.15, -0.1) is 0 Å². The number of halogens is 2. The number of amides is 1. The fourth-order valence-electron chi connectivity index (χ4n) is 2.44. The molecule has 0 saturated heterocycles. The van der Waals surface area contributed by atoms with Crippen LogP contribution in [0.1, 0.15) is 38.5 Å². The molecule has 2 nitrogen and oxygen atoms in total. The van der Waals surface area contributed by atoms with Gasteiger partial charge in [0.05, 0.1) is 5.69 Å². The summed E-state index contributed by atoms with van der Waals surface area (Å²) in [4.78, 5) is 11.7. The van der Waals surface area contributed by atoms with Crippen LogP contribution in [0.2, 0.25) is 5.02 Å². The predicted molar refractivity (Wildman–Crippen MR) is 71.2 cm³/mol. The average Bonchev–Trinajstić information content (AvgIpc) is 2.83. The van der Waals surface area contributed by atoms with Crippen molar-refractivity contribution >= 4 is 23.2 Å². The molecule has 1 amide bonds. The second kappa shape index (κ2) is 6.19. The highest BCUT2D eigenvalue weighted by Crippen LogP contribution is 2.28. The Morgan fingerprint density at radius 1 is 1.39 bits per heavy atom. The lowest BCUT2D eigenvalue weighted by molar-refractivity contribution is -0.116. The van der Waals surface area contributed by atoms with Crippen LogP contribution in [0, 0.1) is 11.7 Å². The molecule has 0 aromatic heterocycles. The predicted octanol–water partition coefficient (Wildman–Crippen LogP) is 4.39. The first-order valence-corrected chi connectivity index (χ1v) is 6.78. The minimum atomic E-state index is -0.489. The standard InChI is InChI=1S/C14H17ClFNO/c15-11-6-7-13(12(16)9-11)17-14(18)8-5-10-3-1-2-4-10/h6-7,9-10H,1-5,8H2,(H,17,18). The van der Waals surface area contributed by atoms with Crippen LogP contribution in [-0.4, -0.2) is 5.91 Å². The quantitative estimate of drug-likeness (QED) is 0.863. The molecule has 98 valence electrons. The number of rotatable bonds is 4. The van der Waals surface area contributed by atoms with Gasteiger partial charge in [0.2, 0.25) is 5.91 Å². The smallest absolute Gasteiger partial charge is 0.224 e. The molecule has 0 aliphatic heterocycles. The van der Waals surface area contributed by atoms with Gasteiger partial charge in [-0.25, -0.2) is 4.39 Å². The second-order valence-corrected chi connectivity index (χ2v) is 5.30. The summed E-state index contributed by atoms with van der Waals surface area (Å²) >= 11 is 5.65. The van der Waals surface area contributed by atoms with E-state index in [4.69, 9.17) is 11.6 Å². The fraction of sp³-hybridized carbons (Fsp3) is 0.500. The SMILES string of the molecule is O=C(CCC1CCCC1)Nc1ccc(Cl)cc1F. The number of hydrogen-bond acceptors (Lipinski definition) is 1. The number of nitrogens with one attached hydrogen (secondary N) is 1. The van der Waals surface area contributed by atoms with Gasteiger partial charge < -0.3 is 5.32 Å². The number of carbonyl (C=O) groups excluding carboxylic acids is 1. The van der Waals surface area contributed by atoms with Crippen LogP contribution in [0.5, 0.6) is 0 Å². The topological polar surface area (TPSA) is 29.1 Å². The Morgan fingerprint density at radius 3 is 2.78 bits per heavy atom. The third-order valence-electron chi connectivity index (χ3n) is 3.46. The normalized spacial score (nSPS) is 15.9. The Bertz CT molecular complexity index is 430. The van der Waals surface area contributed by atoms with Gasteiger partial charge in [0.15, 0.2) is 0 Å². The van der Waals surface area contributed by atoms with Crippen molar-refractivity contribution in [3.63, 3.8) is 0 Å². The molecule has 0 atom stereocenters. The second-order valence-electron chi connectivity index (χ2n) is 4.86. The van der Waals surface area contributed by atoms with E-state index in [1.807, 2.05) is 0 Å². The van der Waals surface area contributed by atoms with E-state index in [-0.39, 0.29) is 11.6 Å². The van der Waals surface area contributed by atoms with Crippen LogP contribution in [0.25, 0.3) is 0 Å². The molecule has 0 radical (unpaired) electrons. The van der Waals surface area contributed by atoms with Crippen molar-refractivity contribution in [2.45, 2.75) is 38.5 Å². The highest BCUT2D eigenvalue weighted by atomic mass is 35.5. The number of carbonyl (C=O) groups is 1. The van der Waals surface area contributed by atoms with Crippen molar-refractivity contribution in [3.05, 3.63) is 29.0 Å². The first-order valence-electron chi connectivity index (χ1n) is 6.40. The molecule has 4 heteroatoms. The van der Waals surface area contributed by atoms with E-state index in [1.54, 1.807) is 6.07 Å². The van der Waals surface area contributed by atoms with E-state index >= 15 is 0 Å². The number of hydrogen-bond donors (Lipinski definition) is 1. The first kappa shape index (κ1) is 13.3. The minimum Gasteiger partial charge on any atom is -0.324 e. The lowest BCUT2D eigenvalue weighted by atomic mass is 10.0. The monoisotopic (exact) mass is 269 g/mol. The highest BCUT2D eigenvalue weighted by Gasteiger charge is 2.16. The molecule has 1 aromatic carbocycles. The molecular weight excluding hydrogens is 253 g/mol. The van der Waals surface area contributed by atoms with Crippen molar-refractivity contribution in [1.82, 2.24) is 0 Å². The zero-order valence-electron chi connectivity index (χ0n) is 10.2. The van der Waals surface area contributed by atoms with Crippen molar-refractivity contribution in [3.8, 4) is 0 Å². The maximum absolute atomic E-state index is 13.5. The zero-order chi connectivity index (χ0) is 13.0. The largest absolute Gasteiger partial charge is 0.324 e. The van der Waals surface area contributed by atoms with E-state index in [2.05, 4.69) is 5.32 Å². The van der Waals surface area contributed by atoms with E-state index in [1.165, 1.54) is 37.8 Å². The third kappa shape index (κ3) is 3.70. The summed E-state index contributed by atoms with van der Waals surface area (Å²) in [7, 11) is 0. The van der Waals surface area contributed by atoms with E-state index in [0.717, 1.165) is 6.42 Å². The lowest BCUT2D eigenvalue weighted by Crippen LogP contribution is -2.13. The summed E-state index contributed by atoms with van der Waals surface area (Å²) in [5.41, 5.74) is 0.204. The van der Waals surface area contributed by atoms with Gasteiger partial charge in [-0.05, 0) is 30.5 Å². The number of benzene rings is 1. The first-order chi connectivity index (χ1) is 8.65. The highest BCUT2D eigenvalue weighted by molar-refractivity contribution is 6.30. The summed E-state index contributed by atoms with van der Waals surface area (Å²) in [6.45, 7) is 0. The Hall–Kier alpha value is -1.09. The van der Waals surface area contributed by atoms with Crippen LogP contribution in [0.4, 0.5) is 10.1 Å². The molecule has 1 saturated carbocycles. The van der Waals surface area contributed by atoms with Crippen molar-refractivity contribution < 1.29 is 9.18 Å². The Morgan fingerprint density at radius 2 is 2.11 bits per heavy atom. The fourth-order valence-corrected chi connectivity index (χ4v) is 2.60. The van der Waals surface area contributed by atoms with Crippen molar-refractivity contribution in [1.29, 1.82) is 0 Å². The summed E-state index contributed by atoms with van der Waals surface area (Å²) in [6.07, 6.45) is 6.37. The number of anilines is 1. The summed E-state index contributed by atoms with van der Waals surface area (Å²) in [6, 6.07) is 4.26. The molecule has 0 unspecified atom stereocenters. The maximum Gasteiger partial charge on any atom is 0.224 e. The van der Waals surface area contributed by atoms with E-state index < -0.39 is 5.82 Å². The van der Waals surface area contributed by atoms with Gasteiger partial charge in [-0.1, -0.05) is 37.3 Å². The van der Waals surface area contributed by atoms with Crippen LogP contribution in [0.15, 0.2) is 18.2 Å². The van der Waals surface area contributed by atoms with Crippen LogP contribution < -0.4 is 5.32 Å². The summed E-state index contributed by atoms with van der Waals surface area (Å²) in [5, 5.41) is 2.92. The molecule has 1 aromatic rings. The van der Waals surface area contributed by atoms with Gasteiger partial charge in [0, 0.05) is 11.4 Å². The molecule has 1 aliphatic carbocycles. The Labute approximate surface area is 112 Å². The van der Waals surface area contributed by atoms with Crippen LogP contribution in [-0.2, 0) is 4.79 Å². The Balaban J connectivity index is 1.82. The van der Waals surface area contributed by atoms with Gasteiger partial charge in [-0.3, -0.25) is 4.79 Å². The van der Waals surface area contributed by atoms with Crippen LogP contribution >= 0.6 is 11.6 Å². The van der Waals surface area contributed by atoms with Crippen molar-refractivity contribution in [2.24, 2.45) is 5.92 Å². The van der Waals surface area contributed by atoms with E-state index in [9.17, 15) is 9.18 Å². The summed E-state index contributed by atoms with van der Waals surface area (Å²) in [5.74, 6) is 0.0608. The van der Waals surface area contributed by atoms with Gasteiger partial charge >= 0.3 is 0 Å². The summed E-state index contributed by atoms with van der Waals surface area (Å²) < 4.78 is 13.5. The molecular formula is C14H17ClFNO. The van der Waals surface area contributed by atoms with Gasteiger partial charge in [-0.2, -0.15) is 0 Å². The molecule has 0 bridgehead atoms. The maximum atomic E-state index is 13.5. The van der Waals surface area contributed by atoms with Crippen molar-refractivity contribution in [2.75, 3.05) is 5.32 Å². The molecule has 1 fully saturated rings. The zero-order valence-corrected chi connectivity index (χ0v) is 11.0. The minimum absolute atomic E-state index is 0.122. The van der Waals surface area contributed by atoms with Gasteiger partial charge in [0.25, 0.3) is 0 Å². The molecule has 18 heavy (non-hydrogen) atoms. The molecule has 0 heterocycles. The Kier molecular flexibility index (Phi) is 4.59.